The van der Waals surface area contributed by atoms with Crippen molar-refractivity contribution in [1.82, 2.24) is 0 Å². The minimum atomic E-state index is -1.23. The molecule has 35 heavy (non-hydrogen) atoms. The molecule has 192 valence electrons. The highest BCUT2D eigenvalue weighted by Gasteiger charge is 2.59. The van der Waals surface area contributed by atoms with E-state index in [0.717, 1.165) is 23.3 Å². The molecule has 0 aromatic carbocycles. The molecule has 5 aliphatic rings. The first kappa shape index (κ1) is 25.6. The molecule has 0 N–H and O–H groups in total. The van der Waals surface area contributed by atoms with Crippen LogP contribution in [0.4, 0.5) is 0 Å². The van der Waals surface area contributed by atoms with E-state index in [-0.39, 0.29) is 5.41 Å². The maximum Gasteiger partial charge on any atom is 0.0542 e. The molecule has 0 heterocycles. The fourth-order valence-electron chi connectivity index (χ4n) is 9.53. The highest BCUT2D eigenvalue weighted by Crippen LogP contribution is 2.67. The van der Waals surface area contributed by atoms with E-state index in [1.807, 2.05) is 0 Å². The smallest absolute Gasteiger partial charge is 0.0542 e. The zero-order valence-electron chi connectivity index (χ0n) is 23.7. The van der Waals surface area contributed by atoms with Crippen molar-refractivity contribution in [2.45, 2.75) is 104 Å². The molecule has 5 rings (SSSR count). The minimum Gasteiger partial charge on any atom is -0.103 e. The van der Waals surface area contributed by atoms with Crippen molar-refractivity contribution in [2.75, 3.05) is 0 Å². The molecular formula is C34H52Si. The van der Waals surface area contributed by atoms with Crippen LogP contribution in [0.25, 0.3) is 0 Å². The first-order valence-electron chi connectivity index (χ1n) is 14.9. The summed E-state index contributed by atoms with van der Waals surface area (Å²) in [6, 6.07) is 1.30. The average Bonchev–Trinajstić information content (AvgIpc) is 3.43. The third kappa shape index (κ3) is 4.47. The van der Waals surface area contributed by atoms with Gasteiger partial charge in [-0.25, -0.2) is 0 Å². The number of rotatable bonds is 5. The number of hydrogen-bond acceptors (Lipinski definition) is 0. The van der Waals surface area contributed by atoms with Crippen LogP contribution in [0.1, 0.15) is 79.1 Å². The van der Waals surface area contributed by atoms with Crippen LogP contribution >= 0.6 is 0 Å². The average molecular weight is 489 g/mol. The zero-order valence-corrected chi connectivity index (χ0v) is 24.7. The van der Waals surface area contributed by atoms with Crippen molar-refractivity contribution < 1.29 is 0 Å². The SMILES string of the molecule is C=CC[Si](C)(C)C1CCC(C2(C3C4C=C(C)C=CC4C4C=CC(C(C)(C)C)=CC43)CCCCC2)C1. The van der Waals surface area contributed by atoms with E-state index >= 15 is 0 Å². The van der Waals surface area contributed by atoms with Gasteiger partial charge in [-0.2, -0.15) is 0 Å². The molecule has 3 saturated carbocycles. The lowest BCUT2D eigenvalue weighted by molar-refractivity contribution is -0.00360. The lowest BCUT2D eigenvalue weighted by Gasteiger charge is -2.51. The molecule has 7 atom stereocenters. The second-order valence-corrected chi connectivity index (χ2v) is 20.0. The Hall–Kier alpha value is -1.08. The van der Waals surface area contributed by atoms with E-state index in [2.05, 4.69) is 89.9 Å². The molecule has 0 amide bonds. The maximum atomic E-state index is 4.14. The van der Waals surface area contributed by atoms with Gasteiger partial charge in [0.25, 0.3) is 0 Å². The van der Waals surface area contributed by atoms with E-state index in [1.165, 1.54) is 63.0 Å². The lowest BCUT2D eigenvalue weighted by Crippen LogP contribution is -2.44. The fraction of sp³-hybridized carbons (Fsp3) is 0.706. The highest BCUT2D eigenvalue weighted by atomic mass is 28.3. The van der Waals surface area contributed by atoms with Crippen LogP contribution in [0.3, 0.4) is 0 Å². The normalized spacial score (nSPS) is 38.5. The van der Waals surface area contributed by atoms with Gasteiger partial charge < -0.3 is 0 Å². The van der Waals surface area contributed by atoms with E-state index in [0.29, 0.717) is 23.2 Å². The Kier molecular flexibility index (Phi) is 6.82. The van der Waals surface area contributed by atoms with Crippen molar-refractivity contribution in [3.05, 3.63) is 60.3 Å². The van der Waals surface area contributed by atoms with Gasteiger partial charge in [-0.05, 0) is 96.1 Å². The van der Waals surface area contributed by atoms with Gasteiger partial charge in [0.1, 0.15) is 0 Å². The Labute approximate surface area is 218 Å². The molecule has 0 spiro atoms. The summed E-state index contributed by atoms with van der Waals surface area (Å²) in [5, 5.41) is 0. The van der Waals surface area contributed by atoms with Crippen LogP contribution in [0, 0.1) is 46.3 Å². The van der Waals surface area contributed by atoms with Crippen LogP contribution in [0.5, 0.6) is 0 Å². The summed E-state index contributed by atoms with van der Waals surface area (Å²) in [5.74, 6) is 4.58. The summed E-state index contributed by atoms with van der Waals surface area (Å²) in [7, 11) is -1.23. The standard InChI is InChI=1S/C34H52Si/c1-8-20-35(6,7)27-15-13-26(22-27)34(18-10-9-11-19-34)32-30-21-24(2)12-16-28(30)29-17-14-25(23-31(29)32)33(3,4)5/h8,12,14,16-17,21,23,26-32H,1,9-11,13,15,18-20,22H2,2-7H3. The second-order valence-electron chi connectivity index (χ2n) is 14.8. The molecule has 0 aromatic rings. The number of allylic oxidation sites excluding steroid dienone is 9. The molecule has 0 aliphatic heterocycles. The van der Waals surface area contributed by atoms with Crippen molar-refractivity contribution >= 4 is 8.07 Å². The monoisotopic (exact) mass is 488 g/mol. The van der Waals surface area contributed by atoms with E-state index in [1.54, 1.807) is 5.57 Å². The van der Waals surface area contributed by atoms with Gasteiger partial charge in [0.05, 0.1) is 8.07 Å². The molecule has 5 aliphatic carbocycles. The number of fused-ring (bicyclic) bond motifs is 3. The quantitative estimate of drug-likeness (QED) is 0.267. The predicted octanol–water partition coefficient (Wildman–Crippen LogP) is 10.2. The summed E-state index contributed by atoms with van der Waals surface area (Å²) < 4.78 is 0. The molecule has 0 bridgehead atoms. The van der Waals surface area contributed by atoms with E-state index < -0.39 is 8.07 Å². The Morgan fingerprint density at radius 1 is 0.943 bits per heavy atom. The van der Waals surface area contributed by atoms with Crippen LogP contribution in [-0.4, -0.2) is 8.07 Å². The molecule has 3 fully saturated rings. The summed E-state index contributed by atoms with van der Waals surface area (Å²) in [6.07, 6.45) is 29.8. The molecule has 0 nitrogen and oxygen atoms in total. The van der Waals surface area contributed by atoms with Crippen LogP contribution in [0.2, 0.25) is 24.7 Å². The van der Waals surface area contributed by atoms with Crippen LogP contribution in [0.15, 0.2) is 60.3 Å². The Balaban J connectivity index is 1.56. The van der Waals surface area contributed by atoms with Gasteiger partial charge in [0, 0.05) is 0 Å². The molecule has 0 saturated heterocycles. The fourth-order valence-corrected chi connectivity index (χ4v) is 12.5. The third-order valence-corrected chi connectivity index (χ3v) is 15.5. The largest absolute Gasteiger partial charge is 0.103 e. The van der Waals surface area contributed by atoms with Gasteiger partial charge in [-0.3, -0.25) is 0 Å². The highest BCUT2D eigenvalue weighted by molar-refractivity contribution is 6.79. The van der Waals surface area contributed by atoms with Crippen LogP contribution in [-0.2, 0) is 0 Å². The third-order valence-electron chi connectivity index (χ3n) is 11.4. The summed E-state index contributed by atoms with van der Waals surface area (Å²) >= 11 is 0. The molecule has 0 aromatic heterocycles. The second kappa shape index (κ2) is 9.34. The number of hydrogen-bond donors (Lipinski definition) is 0. The van der Waals surface area contributed by atoms with Gasteiger partial charge in [0.15, 0.2) is 0 Å². The van der Waals surface area contributed by atoms with Gasteiger partial charge in [-0.15, -0.1) is 6.58 Å². The topological polar surface area (TPSA) is 0 Å². The van der Waals surface area contributed by atoms with Crippen molar-refractivity contribution in [3.63, 3.8) is 0 Å². The van der Waals surface area contributed by atoms with Gasteiger partial charge >= 0.3 is 0 Å². The molecule has 1 heteroatoms. The Morgan fingerprint density at radius 2 is 1.60 bits per heavy atom. The van der Waals surface area contributed by atoms with Crippen molar-refractivity contribution in [2.24, 2.45) is 46.3 Å². The van der Waals surface area contributed by atoms with E-state index in [4.69, 9.17) is 0 Å². The predicted molar refractivity (Wildman–Crippen MR) is 156 cm³/mol. The van der Waals surface area contributed by atoms with Gasteiger partial charge in [0.2, 0.25) is 0 Å². The Morgan fingerprint density at radius 3 is 2.26 bits per heavy atom. The van der Waals surface area contributed by atoms with E-state index in [9.17, 15) is 0 Å². The molecule has 7 unspecified atom stereocenters. The summed E-state index contributed by atoms with van der Waals surface area (Å²) in [4.78, 5) is 0. The van der Waals surface area contributed by atoms with Crippen molar-refractivity contribution in [1.29, 1.82) is 0 Å². The minimum absolute atomic E-state index is 0.236. The maximum absolute atomic E-state index is 4.14. The van der Waals surface area contributed by atoms with Gasteiger partial charge in [-0.1, -0.05) is 108 Å². The summed E-state index contributed by atoms with van der Waals surface area (Å²) in [6.45, 7) is 19.0. The molecular weight excluding hydrogens is 436 g/mol. The lowest BCUT2D eigenvalue weighted by atomic mass is 9.53. The Bertz CT molecular complexity index is 928. The van der Waals surface area contributed by atoms with Crippen LogP contribution < -0.4 is 0 Å². The first-order valence-corrected chi connectivity index (χ1v) is 18.2. The zero-order chi connectivity index (χ0) is 25.0. The summed E-state index contributed by atoms with van der Waals surface area (Å²) in [5.41, 5.74) is 4.86. The molecule has 0 radical (unpaired) electrons. The first-order chi connectivity index (χ1) is 16.6. The van der Waals surface area contributed by atoms with Crippen molar-refractivity contribution in [3.8, 4) is 0 Å².